The van der Waals surface area contributed by atoms with Gasteiger partial charge in [0.05, 0.1) is 18.9 Å². The number of fused-ring (bicyclic) bond motifs is 2. The van der Waals surface area contributed by atoms with Crippen molar-refractivity contribution in [3.8, 4) is 0 Å². The lowest BCUT2D eigenvalue weighted by Gasteiger charge is -2.39. The Morgan fingerprint density at radius 3 is 2.62 bits per heavy atom. The Morgan fingerprint density at radius 2 is 1.92 bits per heavy atom. The second-order valence-electron chi connectivity index (χ2n) is 8.18. The van der Waals surface area contributed by atoms with Crippen LogP contribution in [0.1, 0.15) is 44.4 Å². The number of H-pyrrole nitrogens is 1. The van der Waals surface area contributed by atoms with Gasteiger partial charge in [-0.15, -0.1) is 0 Å². The van der Waals surface area contributed by atoms with E-state index < -0.39 is 0 Å². The van der Waals surface area contributed by atoms with Crippen LogP contribution in [0.5, 0.6) is 0 Å². The highest BCUT2D eigenvalue weighted by atomic mass is 16.5. The summed E-state index contributed by atoms with van der Waals surface area (Å²) in [6.07, 6.45) is 6.46. The van der Waals surface area contributed by atoms with Crippen LogP contribution in [0.4, 0.5) is 5.95 Å². The van der Waals surface area contributed by atoms with Gasteiger partial charge in [-0.05, 0) is 52.6 Å². The van der Waals surface area contributed by atoms with E-state index in [1.165, 1.54) is 5.57 Å². The predicted octanol–water partition coefficient (Wildman–Crippen LogP) is 1.85. The van der Waals surface area contributed by atoms with E-state index >= 15 is 0 Å². The molecule has 0 saturated carbocycles. The fraction of sp³-hybridized carbons (Fsp3) is 0.700. The molecule has 1 aliphatic carbocycles. The van der Waals surface area contributed by atoms with Crippen LogP contribution in [-0.2, 0) is 16.6 Å². The quantitative estimate of drug-likeness (QED) is 0.836. The molecule has 1 aromatic heterocycles. The molecule has 1 N–H and O–H groups in total. The summed E-state index contributed by atoms with van der Waals surface area (Å²) in [7, 11) is 0. The van der Waals surface area contributed by atoms with E-state index in [4.69, 9.17) is 9.72 Å². The number of likely N-dealkylation sites (tertiary alicyclic amines) is 1. The monoisotopic (exact) mass is 358 g/mol. The van der Waals surface area contributed by atoms with Gasteiger partial charge in [0.15, 0.2) is 0 Å². The highest BCUT2D eigenvalue weighted by molar-refractivity contribution is 5.40. The van der Waals surface area contributed by atoms with E-state index in [1.54, 1.807) is 0 Å². The van der Waals surface area contributed by atoms with E-state index in [1.807, 2.05) is 0 Å². The SMILES string of the molecule is CC(C)=CCN1CCC2(CCc3c2nc(N2CCOCC2)[nH]c3=O)CC1. The van der Waals surface area contributed by atoms with Gasteiger partial charge in [0.2, 0.25) is 5.95 Å². The zero-order valence-electron chi connectivity index (χ0n) is 16.0. The van der Waals surface area contributed by atoms with Crippen LogP contribution in [0.3, 0.4) is 0 Å². The summed E-state index contributed by atoms with van der Waals surface area (Å²) in [4.78, 5) is 25.4. The first-order chi connectivity index (χ1) is 12.6. The molecule has 0 bridgehead atoms. The zero-order chi connectivity index (χ0) is 18.1. The van der Waals surface area contributed by atoms with Gasteiger partial charge < -0.3 is 9.64 Å². The maximum Gasteiger partial charge on any atom is 0.255 e. The van der Waals surface area contributed by atoms with Crippen molar-refractivity contribution >= 4 is 5.95 Å². The van der Waals surface area contributed by atoms with E-state index in [0.29, 0.717) is 13.2 Å². The summed E-state index contributed by atoms with van der Waals surface area (Å²) in [6.45, 7) is 10.5. The number of nitrogens with one attached hydrogen (secondary N) is 1. The molecule has 0 unspecified atom stereocenters. The van der Waals surface area contributed by atoms with Gasteiger partial charge in [-0.1, -0.05) is 11.6 Å². The number of anilines is 1. The summed E-state index contributed by atoms with van der Waals surface area (Å²) >= 11 is 0. The lowest BCUT2D eigenvalue weighted by molar-refractivity contribution is 0.122. The molecule has 0 amide bonds. The topological polar surface area (TPSA) is 61.5 Å². The molecule has 6 heteroatoms. The fourth-order valence-electron chi connectivity index (χ4n) is 4.53. The lowest BCUT2D eigenvalue weighted by Crippen LogP contribution is -2.43. The first-order valence-corrected chi connectivity index (χ1v) is 9.89. The second kappa shape index (κ2) is 7.16. The van der Waals surface area contributed by atoms with Crippen molar-refractivity contribution in [1.29, 1.82) is 0 Å². The maximum atomic E-state index is 12.7. The number of piperidine rings is 1. The average Bonchev–Trinajstić information content (AvgIpc) is 3.01. The number of aromatic nitrogens is 2. The summed E-state index contributed by atoms with van der Waals surface area (Å²) < 4.78 is 5.43. The van der Waals surface area contributed by atoms with E-state index in [9.17, 15) is 4.79 Å². The molecule has 2 aliphatic heterocycles. The number of allylic oxidation sites excluding steroid dienone is 1. The van der Waals surface area contributed by atoms with Crippen molar-refractivity contribution in [3.05, 3.63) is 33.3 Å². The molecule has 1 aromatic rings. The van der Waals surface area contributed by atoms with Gasteiger partial charge in [0.25, 0.3) is 5.56 Å². The van der Waals surface area contributed by atoms with Gasteiger partial charge in [-0.3, -0.25) is 14.7 Å². The Balaban J connectivity index is 1.56. The minimum Gasteiger partial charge on any atom is -0.378 e. The van der Waals surface area contributed by atoms with E-state index in [-0.39, 0.29) is 11.0 Å². The van der Waals surface area contributed by atoms with E-state index in [0.717, 1.165) is 75.6 Å². The third-order valence-corrected chi connectivity index (χ3v) is 6.24. The van der Waals surface area contributed by atoms with Crippen LogP contribution in [0.15, 0.2) is 16.4 Å². The Hall–Kier alpha value is -1.66. The van der Waals surface area contributed by atoms with Crippen molar-refractivity contribution in [1.82, 2.24) is 14.9 Å². The third-order valence-electron chi connectivity index (χ3n) is 6.24. The normalized spacial score (nSPS) is 22.5. The predicted molar refractivity (Wildman–Crippen MR) is 103 cm³/mol. The summed E-state index contributed by atoms with van der Waals surface area (Å²) in [5.74, 6) is 0.741. The van der Waals surface area contributed by atoms with Crippen LogP contribution >= 0.6 is 0 Å². The number of rotatable bonds is 3. The highest BCUT2D eigenvalue weighted by Crippen LogP contribution is 2.44. The summed E-state index contributed by atoms with van der Waals surface area (Å²) in [5.41, 5.74) is 3.57. The number of nitrogens with zero attached hydrogens (tertiary/aromatic N) is 3. The van der Waals surface area contributed by atoms with Gasteiger partial charge >= 0.3 is 0 Å². The average molecular weight is 358 g/mol. The van der Waals surface area contributed by atoms with Crippen LogP contribution in [0.25, 0.3) is 0 Å². The van der Waals surface area contributed by atoms with Gasteiger partial charge in [0.1, 0.15) is 0 Å². The minimum absolute atomic E-state index is 0.0698. The Morgan fingerprint density at radius 1 is 1.19 bits per heavy atom. The van der Waals surface area contributed by atoms with Crippen molar-refractivity contribution in [2.45, 2.75) is 44.9 Å². The molecule has 4 rings (SSSR count). The molecule has 6 nitrogen and oxygen atoms in total. The first-order valence-electron chi connectivity index (χ1n) is 9.89. The van der Waals surface area contributed by atoms with Crippen molar-refractivity contribution in [2.24, 2.45) is 0 Å². The molecule has 142 valence electrons. The van der Waals surface area contributed by atoms with Crippen LogP contribution in [0, 0.1) is 0 Å². The molecule has 26 heavy (non-hydrogen) atoms. The van der Waals surface area contributed by atoms with Gasteiger partial charge in [-0.25, -0.2) is 4.98 Å². The van der Waals surface area contributed by atoms with Crippen LogP contribution in [0.2, 0.25) is 0 Å². The van der Waals surface area contributed by atoms with Crippen molar-refractivity contribution in [3.63, 3.8) is 0 Å². The lowest BCUT2D eigenvalue weighted by atomic mass is 9.76. The van der Waals surface area contributed by atoms with Crippen molar-refractivity contribution in [2.75, 3.05) is 50.8 Å². The standard InChI is InChI=1S/C20H30N4O2/c1-15(2)4-8-23-9-6-20(7-10-23)5-3-16-17(20)21-19(22-18(16)25)24-11-13-26-14-12-24/h4H,3,5-14H2,1-2H3,(H,21,22,25). The fourth-order valence-corrected chi connectivity index (χ4v) is 4.53. The molecule has 0 radical (unpaired) electrons. The number of hydrogen-bond donors (Lipinski definition) is 1. The molecule has 3 aliphatic rings. The number of ether oxygens (including phenoxy) is 1. The van der Waals surface area contributed by atoms with Gasteiger partial charge in [0, 0.05) is 30.6 Å². The number of morpholine rings is 1. The summed E-state index contributed by atoms with van der Waals surface area (Å²) in [6, 6.07) is 0. The molecular weight excluding hydrogens is 328 g/mol. The van der Waals surface area contributed by atoms with E-state index in [2.05, 4.69) is 34.7 Å². The molecule has 0 aromatic carbocycles. The largest absolute Gasteiger partial charge is 0.378 e. The first kappa shape index (κ1) is 17.7. The van der Waals surface area contributed by atoms with Crippen LogP contribution in [-0.4, -0.2) is 60.8 Å². The number of aromatic amines is 1. The Bertz CT molecular complexity index is 737. The molecular formula is C20H30N4O2. The minimum atomic E-state index is 0.0698. The molecule has 2 saturated heterocycles. The Labute approximate surface area is 155 Å². The zero-order valence-corrected chi connectivity index (χ0v) is 16.0. The molecule has 2 fully saturated rings. The number of hydrogen-bond acceptors (Lipinski definition) is 5. The maximum absolute atomic E-state index is 12.7. The van der Waals surface area contributed by atoms with Crippen LogP contribution < -0.4 is 10.5 Å². The second-order valence-corrected chi connectivity index (χ2v) is 8.18. The Kier molecular flexibility index (Phi) is 4.88. The summed E-state index contributed by atoms with van der Waals surface area (Å²) in [5, 5.41) is 0. The molecule has 0 atom stereocenters. The molecule has 3 heterocycles. The smallest absolute Gasteiger partial charge is 0.255 e. The van der Waals surface area contributed by atoms with Gasteiger partial charge in [-0.2, -0.15) is 0 Å². The van der Waals surface area contributed by atoms with Crippen molar-refractivity contribution < 1.29 is 4.74 Å². The third kappa shape index (κ3) is 3.32. The molecule has 1 spiro atoms. The highest BCUT2D eigenvalue weighted by Gasteiger charge is 2.44.